The van der Waals surface area contributed by atoms with E-state index in [1.54, 1.807) is 4.90 Å². The standard InChI is InChI=1S/C23H28N2O4/c1-16(2)13-25-20(14-26)23(29-15-22(25)28)18-8-10-19(11-9-18)24-21(27)12-17-6-4-3-5-7-17/h3-11,16,20,23,26H,12-15H2,1-2H3,(H,24,27). The first kappa shape index (κ1) is 21.0. The van der Waals surface area contributed by atoms with Gasteiger partial charge in [0.25, 0.3) is 0 Å². The van der Waals surface area contributed by atoms with E-state index < -0.39 is 12.1 Å². The zero-order valence-electron chi connectivity index (χ0n) is 16.9. The number of morpholine rings is 1. The average Bonchev–Trinajstić information content (AvgIpc) is 2.70. The maximum Gasteiger partial charge on any atom is 0.249 e. The highest BCUT2D eigenvalue weighted by atomic mass is 16.5. The van der Waals surface area contributed by atoms with Crippen molar-refractivity contribution in [1.82, 2.24) is 4.90 Å². The van der Waals surface area contributed by atoms with E-state index in [0.717, 1.165) is 11.1 Å². The Kier molecular flexibility index (Phi) is 7.01. The van der Waals surface area contributed by atoms with E-state index in [2.05, 4.69) is 5.32 Å². The molecule has 2 atom stereocenters. The van der Waals surface area contributed by atoms with E-state index in [0.29, 0.717) is 24.6 Å². The van der Waals surface area contributed by atoms with Gasteiger partial charge in [0.2, 0.25) is 11.8 Å². The molecule has 1 saturated heterocycles. The molecule has 2 aromatic carbocycles. The molecule has 2 aromatic rings. The van der Waals surface area contributed by atoms with Gasteiger partial charge in [-0.25, -0.2) is 0 Å². The molecule has 0 radical (unpaired) electrons. The Morgan fingerprint density at radius 2 is 1.86 bits per heavy atom. The fourth-order valence-corrected chi connectivity index (χ4v) is 3.59. The number of carbonyl (C=O) groups excluding carboxylic acids is 2. The van der Waals surface area contributed by atoms with Crippen LogP contribution >= 0.6 is 0 Å². The summed E-state index contributed by atoms with van der Waals surface area (Å²) in [4.78, 5) is 26.2. The zero-order valence-corrected chi connectivity index (χ0v) is 16.9. The van der Waals surface area contributed by atoms with E-state index in [-0.39, 0.29) is 25.0 Å². The Morgan fingerprint density at radius 1 is 1.17 bits per heavy atom. The lowest BCUT2D eigenvalue weighted by Gasteiger charge is -2.41. The number of aliphatic hydroxyl groups excluding tert-OH is 1. The summed E-state index contributed by atoms with van der Waals surface area (Å²) in [7, 11) is 0. The molecule has 1 fully saturated rings. The summed E-state index contributed by atoms with van der Waals surface area (Å²) >= 11 is 0. The molecule has 0 aromatic heterocycles. The molecule has 0 bridgehead atoms. The molecular weight excluding hydrogens is 368 g/mol. The van der Waals surface area contributed by atoms with Crippen LogP contribution in [0.3, 0.4) is 0 Å². The number of hydrogen-bond acceptors (Lipinski definition) is 4. The molecule has 2 amide bonds. The van der Waals surface area contributed by atoms with Gasteiger partial charge in [0.15, 0.2) is 0 Å². The first-order valence-electron chi connectivity index (χ1n) is 9.93. The SMILES string of the molecule is CC(C)CN1C(=O)COC(c2ccc(NC(=O)Cc3ccccc3)cc2)C1CO. The lowest BCUT2D eigenvalue weighted by Crippen LogP contribution is -2.53. The second kappa shape index (κ2) is 9.67. The van der Waals surface area contributed by atoms with Gasteiger partial charge in [-0.15, -0.1) is 0 Å². The maximum absolute atomic E-state index is 12.2. The van der Waals surface area contributed by atoms with E-state index in [9.17, 15) is 14.7 Å². The number of aliphatic hydroxyl groups is 1. The van der Waals surface area contributed by atoms with Crippen LogP contribution < -0.4 is 5.32 Å². The third kappa shape index (κ3) is 5.43. The molecule has 2 N–H and O–H groups in total. The molecule has 6 heteroatoms. The maximum atomic E-state index is 12.2. The van der Waals surface area contributed by atoms with Gasteiger partial charge >= 0.3 is 0 Å². The van der Waals surface area contributed by atoms with E-state index in [1.807, 2.05) is 68.4 Å². The quantitative estimate of drug-likeness (QED) is 0.754. The Hall–Kier alpha value is -2.70. The van der Waals surface area contributed by atoms with Crippen molar-refractivity contribution in [3.8, 4) is 0 Å². The Balaban J connectivity index is 1.67. The molecule has 154 valence electrons. The Bertz CT molecular complexity index is 821. The number of nitrogens with zero attached hydrogens (tertiary/aromatic N) is 1. The van der Waals surface area contributed by atoms with Crippen molar-refractivity contribution in [3.63, 3.8) is 0 Å². The lowest BCUT2D eigenvalue weighted by atomic mass is 9.98. The van der Waals surface area contributed by atoms with E-state index >= 15 is 0 Å². The van der Waals surface area contributed by atoms with E-state index in [4.69, 9.17) is 4.74 Å². The molecule has 1 aliphatic heterocycles. The Labute approximate surface area is 171 Å². The van der Waals surface area contributed by atoms with Crippen LogP contribution in [0.5, 0.6) is 0 Å². The number of ether oxygens (including phenoxy) is 1. The first-order chi connectivity index (χ1) is 14.0. The Morgan fingerprint density at radius 3 is 2.48 bits per heavy atom. The second-order valence-corrected chi connectivity index (χ2v) is 7.75. The number of amides is 2. The van der Waals surface area contributed by atoms with Crippen molar-refractivity contribution in [3.05, 3.63) is 65.7 Å². The van der Waals surface area contributed by atoms with Gasteiger partial charge in [-0.3, -0.25) is 9.59 Å². The topological polar surface area (TPSA) is 78.9 Å². The summed E-state index contributed by atoms with van der Waals surface area (Å²) < 4.78 is 5.75. The third-order valence-electron chi connectivity index (χ3n) is 4.94. The summed E-state index contributed by atoms with van der Waals surface area (Å²) in [6.45, 7) is 4.50. The van der Waals surface area contributed by atoms with Crippen LogP contribution in [0.2, 0.25) is 0 Å². The average molecular weight is 396 g/mol. The summed E-state index contributed by atoms with van der Waals surface area (Å²) in [5.41, 5.74) is 2.52. The van der Waals surface area contributed by atoms with Crippen LogP contribution in [0, 0.1) is 5.92 Å². The molecule has 2 unspecified atom stereocenters. The summed E-state index contributed by atoms with van der Waals surface area (Å²) in [6.07, 6.45) is -0.0850. The normalized spacial score (nSPS) is 19.4. The number of nitrogens with one attached hydrogen (secondary N) is 1. The van der Waals surface area contributed by atoms with E-state index in [1.165, 1.54) is 0 Å². The van der Waals surface area contributed by atoms with Crippen LogP contribution in [0.4, 0.5) is 5.69 Å². The van der Waals surface area contributed by atoms with Gasteiger partial charge in [0.05, 0.1) is 19.1 Å². The van der Waals surface area contributed by atoms with Crippen LogP contribution in [0.1, 0.15) is 31.1 Å². The number of benzene rings is 2. The first-order valence-corrected chi connectivity index (χ1v) is 9.93. The highest BCUT2D eigenvalue weighted by molar-refractivity contribution is 5.92. The number of carbonyl (C=O) groups is 2. The minimum atomic E-state index is -0.419. The second-order valence-electron chi connectivity index (χ2n) is 7.75. The van der Waals surface area contributed by atoms with Gasteiger partial charge in [-0.1, -0.05) is 56.3 Å². The minimum absolute atomic E-state index is 0.00342. The highest BCUT2D eigenvalue weighted by Gasteiger charge is 2.37. The zero-order chi connectivity index (χ0) is 20.8. The molecule has 0 aliphatic carbocycles. The van der Waals surface area contributed by atoms with Gasteiger partial charge < -0.3 is 20.1 Å². The molecule has 29 heavy (non-hydrogen) atoms. The smallest absolute Gasteiger partial charge is 0.249 e. The number of hydrogen-bond donors (Lipinski definition) is 2. The van der Waals surface area contributed by atoms with Gasteiger partial charge in [-0.05, 0) is 29.2 Å². The summed E-state index contributed by atoms with van der Waals surface area (Å²) in [5.74, 6) is 0.118. The minimum Gasteiger partial charge on any atom is -0.394 e. The van der Waals surface area contributed by atoms with Crippen molar-refractivity contribution in [1.29, 1.82) is 0 Å². The molecule has 1 heterocycles. The molecule has 0 saturated carbocycles. The largest absolute Gasteiger partial charge is 0.394 e. The van der Waals surface area contributed by atoms with Crippen molar-refractivity contribution >= 4 is 17.5 Å². The van der Waals surface area contributed by atoms with Crippen LogP contribution in [0.25, 0.3) is 0 Å². The molecule has 3 rings (SSSR count). The van der Waals surface area contributed by atoms with Gasteiger partial charge in [0, 0.05) is 12.2 Å². The highest BCUT2D eigenvalue weighted by Crippen LogP contribution is 2.30. The predicted octanol–water partition coefficient (Wildman–Crippen LogP) is 2.78. The third-order valence-corrected chi connectivity index (χ3v) is 4.94. The predicted molar refractivity (Wildman–Crippen MR) is 111 cm³/mol. The van der Waals surface area contributed by atoms with Crippen molar-refractivity contribution < 1.29 is 19.4 Å². The number of anilines is 1. The van der Waals surface area contributed by atoms with Gasteiger partial charge in [-0.2, -0.15) is 0 Å². The van der Waals surface area contributed by atoms with Crippen molar-refractivity contribution in [2.24, 2.45) is 5.92 Å². The number of rotatable bonds is 7. The lowest BCUT2D eigenvalue weighted by molar-refractivity contribution is -0.161. The van der Waals surface area contributed by atoms with Crippen molar-refractivity contribution in [2.45, 2.75) is 32.4 Å². The molecule has 6 nitrogen and oxygen atoms in total. The van der Waals surface area contributed by atoms with Crippen molar-refractivity contribution in [2.75, 3.05) is 25.1 Å². The molecule has 0 spiro atoms. The monoisotopic (exact) mass is 396 g/mol. The fourth-order valence-electron chi connectivity index (χ4n) is 3.59. The van der Waals surface area contributed by atoms with Crippen LogP contribution in [-0.2, 0) is 20.7 Å². The molecule has 1 aliphatic rings. The van der Waals surface area contributed by atoms with Gasteiger partial charge in [0.1, 0.15) is 12.7 Å². The summed E-state index contributed by atoms with van der Waals surface area (Å²) in [6, 6.07) is 16.5. The van der Waals surface area contributed by atoms with Crippen LogP contribution in [0.15, 0.2) is 54.6 Å². The summed E-state index contributed by atoms with van der Waals surface area (Å²) in [5, 5.41) is 12.8. The molecular formula is C23H28N2O4. The van der Waals surface area contributed by atoms with Crippen LogP contribution in [-0.4, -0.2) is 47.6 Å². The fraction of sp³-hybridized carbons (Fsp3) is 0.391.